The van der Waals surface area contributed by atoms with Crippen LogP contribution in [0.5, 0.6) is 0 Å². The van der Waals surface area contributed by atoms with Gasteiger partial charge in [-0.2, -0.15) is 5.26 Å². The Morgan fingerprint density at radius 1 is 1.10 bits per heavy atom. The average molecular weight is 267 g/mol. The second kappa shape index (κ2) is 3.99. The quantitative estimate of drug-likeness (QED) is 0.865. The van der Waals surface area contributed by atoms with Crippen molar-refractivity contribution in [2.24, 2.45) is 17.6 Å². The van der Waals surface area contributed by atoms with Gasteiger partial charge in [0.05, 0.1) is 11.6 Å². The summed E-state index contributed by atoms with van der Waals surface area (Å²) in [4.78, 5) is 0. The van der Waals surface area contributed by atoms with E-state index >= 15 is 0 Å². The smallest absolute Gasteiger partial charge is 0.0991 e. The van der Waals surface area contributed by atoms with Gasteiger partial charge in [-0.25, -0.2) is 0 Å². The van der Waals surface area contributed by atoms with Gasteiger partial charge in [0.15, 0.2) is 0 Å². The second-order valence-electron chi connectivity index (χ2n) is 7.42. The normalized spacial score (nSPS) is 41.4. The fourth-order valence-corrected chi connectivity index (χ4v) is 5.41. The van der Waals surface area contributed by atoms with E-state index < -0.39 is 0 Å². The van der Waals surface area contributed by atoms with Crippen molar-refractivity contribution in [1.82, 2.24) is 0 Å². The molecule has 4 bridgehead atoms. The minimum atomic E-state index is 0.0731. The summed E-state index contributed by atoms with van der Waals surface area (Å²) in [5.74, 6) is 1.62. The van der Waals surface area contributed by atoms with Crippen molar-refractivity contribution in [1.29, 1.82) is 5.26 Å². The molecule has 0 amide bonds. The molecule has 4 saturated carbocycles. The summed E-state index contributed by atoms with van der Waals surface area (Å²) in [5.41, 5.74) is 8.75. The molecule has 4 aliphatic rings. The van der Waals surface area contributed by atoms with Gasteiger partial charge in [0.2, 0.25) is 0 Å². The lowest BCUT2D eigenvalue weighted by atomic mass is 9.50. The summed E-state index contributed by atoms with van der Waals surface area (Å²) in [5, 5.41) is 12.7. The number of anilines is 1. The van der Waals surface area contributed by atoms with Crippen molar-refractivity contribution in [2.75, 3.05) is 5.32 Å². The lowest BCUT2D eigenvalue weighted by molar-refractivity contribution is -0.00775. The van der Waals surface area contributed by atoms with Gasteiger partial charge in [-0.05, 0) is 74.6 Å². The van der Waals surface area contributed by atoms with Gasteiger partial charge in [0.1, 0.15) is 0 Å². The van der Waals surface area contributed by atoms with Crippen LogP contribution in [-0.4, -0.2) is 11.1 Å². The van der Waals surface area contributed by atoms with Crippen LogP contribution < -0.4 is 11.1 Å². The molecule has 1 aromatic carbocycles. The number of hydrogen-bond donors (Lipinski definition) is 2. The van der Waals surface area contributed by atoms with Gasteiger partial charge in [0, 0.05) is 16.8 Å². The van der Waals surface area contributed by atoms with Crippen LogP contribution in [0.2, 0.25) is 0 Å². The summed E-state index contributed by atoms with van der Waals surface area (Å²) < 4.78 is 0. The summed E-state index contributed by atoms with van der Waals surface area (Å²) in [6, 6.07) is 10.0. The lowest BCUT2D eigenvalue weighted by Gasteiger charge is -2.61. The molecule has 3 N–H and O–H groups in total. The predicted molar refractivity (Wildman–Crippen MR) is 79.1 cm³/mol. The Morgan fingerprint density at radius 3 is 2.30 bits per heavy atom. The fraction of sp³-hybridized carbons (Fsp3) is 0.588. The average Bonchev–Trinajstić information content (AvgIpc) is 2.36. The van der Waals surface area contributed by atoms with Crippen LogP contribution >= 0.6 is 0 Å². The molecular formula is C17H21N3. The number of hydrogen-bond acceptors (Lipinski definition) is 3. The van der Waals surface area contributed by atoms with Gasteiger partial charge in [-0.3, -0.25) is 0 Å². The molecule has 0 radical (unpaired) electrons. The van der Waals surface area contributed by atoms with Gasteiger partial charge < -0.3 is 11.1 Å². The molecule has 0 aromatic heterocycles. The third-order valence-corrected chi connectivity index (χ3v) is 5.53. The zero-order chi connectivity index (χ0) is 13.8. The molecule has 20 heavy (non-hydrogen) atoms. The van der Waals surface area contributed by atoms with E-state index in [-0.39, 0.29) is 11.1 Å². The Labute approximate surface area is 120 Å². The Kier molecular flexibility index (Phi) is 2.44. The first-order valence-electron chi connectivity index (χ1n) is 7.65. The molecule has 2 atom stereocenters. The Balaban J connectivity index is 1.60. The zero-order valence-corrected chi connectivity index (χ0v) is 11.7. The van der Waals surface area contributed by atoms with E-state index in [0.29, 0.717) is 0 Å². The van der Waals surface area contributed by atoms with Crippen LogP contribution in [0.15, 0.2) is 24.3 Å². The van der Waals surface area contributed by atoms with Crippen LogP contribution in [0.25, 0.3) is 0 Å². The third-order valence-electron chi connectivity index (χ3n) is 5.53. The van der Waals surface area contributed by atoms with Crippen LogP contribution in [-0.2, 0) is 0 Å². The summed E-state index contributed by atoms with van der Waals surface area (Å²) in [6.45, 7) is 0. The molecular weight excluding hydrogens is 246 g/mol. The minimum Gasteiger partial charge on any atom is -0.380 e. The second-order valence-corrected chi connectivity index (χ2v) is 7.42. The number of rotatable bonds is 2. The van der Waals surface area contributed by atoms with E-state index in [4.69, 9.17) is 11.0 Å². The highest BCUT2D eigenvalue weighted by molar-refractivity contribution is 5.50. The molecule has 3 heteroatoms. The van der Waals surface area contributed by atoms with Crippen molar-refractivity contribution < 1.29 is 0 Å². The first kappa shape index (κ1) is 12.2. The molecule has 0 spiro atoms. The van der Waals surface area contributed by atoms with Crippen molar-refractivity contribution in [2.45, 2.75) is 49.6 Å². The summed E-state index contributed by atoms with van der Waals surface area (Å²) in [6.07, 6.45) is 7.47. The standard InChI is InChI=1S/C17H21N3/c18-10-12-1-3-15(4-2-12)20-17-8-13-5-14(9-17)7-16(19,6-13)11-17/h1-4,13-14,20H,5-9,11,19H2. The van der Waals surface area contributed by atoms with Crippen LogP contribution in [0.1, 0.15) is 44.1 Å². The number of nitrogens with zero attached hydrogens (tertiary/aromatic N) is 1. The Bertz CT molecular complexity index is 555. The molecule has 2 unspecified atom stereocenters. The topological polar surface area (TPSA) is 61.8 Å². The van der Waals surface area contributed by atoms with Crippen molar-refractivity contribution >= 4 is 5.69 Å². The highest BCUT2D eigenvalue weighted by Crippen LogP contribution is 2.57. The van der Waals surface area contributed by atoms with Crippen molar-refractivity contribution in [3.63, 3.8) is 0 Å². The predicted octanol–water partition coefficient (Wildman–Crippen LogP) is 3.02. The molecule has 0 aliphatic heterocycles. The number of nitriles is 1. The highest BCUT2D eigenvalue weighted by Gasteiger charge is 2.56. The molecule has 1 aromatic rings. The Hall–Kier alpha value is -1.53. The molecule has 104 valence electrons. The van der Waals surface area contributed by atoms with E-state index in [1.165, 1.54) is 32.1 Å². The largest absolute Gasteiger partial charge is 0.380 e. The first-order chi connectivity index (χ1) is 9.58. The zero-order valence-electron chi connectivity index (χ0n) is 11.7. The third kappa shape index (κ3) is 1.91. The van der Waals surface area contributed by atoms with Crippen molar-refractivity contribution in [3.8, 4) is 6.07 Å². The van der Waals surface area contributed by atoms with E-state index in [1.54, 1.807) is 0 Å². The molecule has 5 rings (SSSR count). The lowest BCUT2D eigenvalue weighted by Crippen LogP contribution is -2.65. The number of nitrogens with one attached hydrogen (secondary N) is 1. The molecule has 4 aliphatic carbocycles. The van der Waals surface area contributed by atoms with Gasteiger partial charge >= 0.3 is 0 Å². The molecule has 0 heterocycles. The Morgan fingerprint density at radius 2 is 1.75 bits per heavy atom. The van der Waals surface area contributed by atoms with Gasteiger partial charge in [-0.15, -0.1) is 0 Å². The van der Waals surface area contributed by atoms with Crippen LogP contribution in [0.4, 0.5) is 5.69 Å². The van der Waals surface area contributed by atoms with Gasteiger partial charge in [-0.1, -0.05) is 0 Å². The summed E-state index contributed by atoms with van der Waals surface area (Å²) >= 11 is 0. The van der Waals surface area contributed by atoms with Crippen molar-refractivity contribution in [3.05, 3.63) is 29.8 Å². The van der Waals surface area contributed by atoms with Gasteiger partial charge in [0.25, 0.3) is 0 Å². The molecule has 0 saturated heterocycles. The first-order valence-corrected chi connectivity index (χ1v) is 7.65. The van der Waals surface area contributed by atoms with Crippen LogP contribution in [0, 0.1) is 23.2 Å². The maximum absolute atomic E-state index is 8.88. The number of nitrogens with two attached hydrogens (primary N) is 1. The molecule has 4 fully saturated rings. The fourth-order valence-electron chi connectivity index (χ4n) is 5.41. The van der Waals surface area contributed by atoms with Crippen LogP contribution in [0.3, 0.4) is 0 Å². The molecule has 3 nitrogen and oxygen atoms in total. The van der Waals surface area contributed by atoms with E-state index in [1.807, 2.05) is 24.3 Å². The maximum atomic E-state index is 8.88. The van der Waals surface area contributed by atoms with E-state index in [9.17, 15) is 0 Å². The minimum absolute atomic E-state index is 0.0731. The monoisotopic (exact) mass is 267 g/mol. The SMILES string of the molecule is N#Cc1ccc(NC23CC4CC(CC(N)(C4)C2)C3)cc1. The highest BCUT2D eigenvalue weighted by atomic mass is 15.0. The summed E-state index contributed by atoms with van der Waals surface area (Å²) in [7, 11) is 0. The van der Waals surface area contributed by atoms with E-state index in [0.717, 1.165) is 29.5 Å². The van der Waals surface area contributed by atoms with E-state index in [2.05, 4.69) is 11.4 Å². The number of benzene rings is 1. The maximum Gasteiger partial charge on any atom is 0.0991 e.